The quantitative estimate of drug-likeness (QED) is 0.634. The minimum atomic E-state index is -3.67. The topological polar surface area (TPSA) is 45.5 Å². The molecular formula is C19H20BrN3O2S. The minimum absolute atomic E-state index is 0.266. The van der Waals surface area contributed by atoms with E-state index in [2.05, 4.69) is 38.8 Å². The van der Waals surface area contributed by atoms with E-state index in [0.29, 0.717) is 9.99 Å². The number of hydrogen-bond acceptors (Lipinski definition) is 4. The van der Waals surface area contributed by atoms with Crippen LogP contribution in [0.15, 0.2) is 64.1 Å². The van der Waals surface area contributed by atoms with Crippen LogP contribution in [0.5, 0.6) is 0 Å². The number of piperazine rings is 1. The van der Waals surface area contributed by atoms with Crippen molar-refractivity contribution in [2.24, 2.45) is 0 Å². The third kappa shape index (κ3) is 2.94. The molecule has 0 bridgehead atoms. The first kappa shape index (κ1) is 17.6. The Labute approximate surface area is 162 Å². The summed E-state index contributed by atoms with van der Waals surface area (Å²) in [6.45, 7) is 3.90. The van der Waals surface area contributed by atoms with E-state index >= 15 is 0 Å². The minimum Gasteiger partial charge on any atom is -0.368 e. The van der Waals surface area contributed by atoms with E-state index in [0.717, 1.165) is 37.3 Å². The van der Waals surface area contributed by atoms with Crippen LogP contribution in [0, 0.1) is 0 Å². The fourth-order valence-electron chi connectivity index (χ4n) is 3.42. The SMILES string of the molecule is CN1CCN(c2cccc3c2ccn3S(=O)(=O)c2ccccc2Br)CC1. The van der Waals surface area contributed by atoms with E-state index in [9.17, 15) is 8.42 Å². The maximum atomic E-state index is 13.2. The first-order valence-corrected chi connectivity index (χ1v) is 10.8. The van der Waals surface area contributed by atoms with Crippen molar-refractivity contribution >= 4 is 42.5 Å². The summed E-state index contributed by atoms with van der Waals surface area (Å²) in [6.07, 6.45) is 1.65. The van der Waals surface area contributed by atoms with Gasteiger partial charge in [-0.2, -0.15) is 0 Å². The molecule has 1 aliphatic rings. The van der Waals surface area contributed by atoms with E-state index in [1.165, 1.54) is 3.97 Å². The lowest BCUT2D eigenvalue weighted by atomic mass is 10.2. The van der Waals surface area contributed by atoms with Gasteiger partial charge < -0.3 is 9.80 Å². The number of benzene rings is 2. The first-order valence-electron chi connectivity index (χ1n) is 8.52. The molecule has 0 N–H and O–H groups in total. The molecule has 1 aromatic heterocycles. The van der Waals surface area contributed by atoms with Gasteiger partial charge in [0.25, 0.3) is 10.0 Å². The summed E-state index contributed by atoms with van der Waals surface area (Å²) >= 11 is 3.36. The Morgan fingerprint density at radius 1 is 0.923 bits per heavy atom. The zero-order valence-electron chi connectivity index (χ0n) is 14.5. The van der Waals surface area contributed by atoms with Crippen molar-refractivity contribution in [3.63, 3.8) is 0 Å². The summed E-state index contributed by atoms with van der Waals surface area (Å²) in [6, 6.07) is 14.7. The highest BCUT2D eigenvalue weighted by molar-refractivity contribution is 9.10. The van der Waals surface area contributed by atoms with Gasteiger partial charge in [0.1, 0.15) is 4.90 Å². The smallest absolute Gasteiger partial charge is 0.269 e. The van der Waals surface area contributed by atoms with Crippen LogP contribution in [0.4, 0.5) is 5.69 Å². The van der Waals surface area contributed by atoms with E-state index in [1.807, 2.05) is 24.3 Å². The highest BCUT2D eigenvalue weighted by Gasteiger charge is 2.23. The fourth-order valence-corrected chi connectivity index (χ4v) is 5.73. The summed E-state index contributed by atoms with van der Waals surface area (Å²) in [4.78, 5) is 4.90. The van der Waals surface area contributed by atoms with Gasteiger partial charge in [-0.1, -0.05) is 18.2 Å². The highest BCUT2D eigenvalue weighted by atomic mass is 79.9. The second-order valence-corrected chi connectivity index (χ2v) is 9.18. The molecule has 0 atom stereocenters. The van der Waals surface area contributed by atoms with E-state index in [1.54, 1.807) is 24.4 Å². The van der Waals surface area contributed by atoms with Gasteiger partial charge in [0.05, 0.1) is 5.52 Å². The van der Waals surface area contributed by atoms with Crippen LogP contribution < -0.4 is 4.90 Å². The maximum absolute atomic E-state index is 13.2. The maximum Gasteiger partial charge on any atom is 0.269 e. The zero-order valence-corrected chi connectivity index (χ0v) is 16.9. The molecule has 0 unspecified atom stereocenters. The predicted octanol–water partition coefficient (Wildman–Crippen LogP) is 3.39. The Morgan fingerprint density at radius 2 is 1.65 bits per heavy atom. The molecule has 0 radical (unpaired) electrons. The average Bonchev–Trinajstić information content (AvgIpc) is 3.07. The molecule has 5 nitrogen and oxygen atoms in total. The lowest BCUT2D eigenvalue weighted by molar-refractivity contribution is 0.313. The van der Waals surface area contributed by atoms with Crippen LogP contribution in [-0.2, 0) is 10.0 Å². The molecular weight excluding hydrogens is 414 g/mol. The normalized spacial score (nSPS) is 16.3. The van der Waals surface area contributed by atoms with Crippen molar-refractivity contribution in [1.82, 2.24) is 8.87 Å². The second-order valence-electron chi connectivity index (χ2n) is 6.55. The van der Waals surface area contributed by atoms with Gasteiger partial charge in [0.15, 0.2) is 0 Å². The Balaban J connectivity index is 1.81. The lowest BCUT2D eigenvalue weighted by Gasteiger charge is -2.34. The number of nitrogens with zero attached hydrogens (tertiary/aromatic N) is 3. The molecule has 4 rings (SSSR count). The zero-order chi connectivity index (χ0) is 18.3. The molecule has 3 aromatic rings. The fraction of sp³-hybridized carbons (Fsp3) is 0.263. The Hall–Kier alpha value is -1.83. The number of likely N-dealkylation sites (N-methyl/N-ethyl adjacent to an activating group) is 1. The molecule has 0 amide bonds. The molecule has 1 saturated heterocycles. The van der Waals surface area contributed by atoms with Crippen LogP contribution >= 0.6 is 15.9 Å². The van der Waals surface area contributed by atoms with Crippen LogP contribution in [0.3, 0.4) is 0 Å². The van der Waals surface area contributed by atoms with Gasteiger partial charge in [-0.25, -0.2) is 12.4 Å². The van der Waals surface area contributed by atoms with Crippen molar-refractivity contribution < 1.29 is 8.42 Å². The Kier molecular flexibility index (Phi) is 4.54. The number of anilines is 1. The monoisotopic (exact) mass is 433 g/mol. The van der Waals surface area contributed by atoms with E-state index < -0.39 is 10.0 Å². The van der Waals surface area contributed by atoms with E-state index in [4.69, 9.17) is 0 Å². The molecule has 7 heteroatoms. The van der Waals surface area contributed by atoms with Gasteiger partial charge in [-0.15, -0.1) is 0 Å². The molecule has 136 valence electrons. The molecule has 1 aliphatic heterocycles. The third-order valence-electron chi connectivity index (χ3n) is 4.89. The van der Waals surface area contributed by atoms with Gasteiger partial charge in [-0.05, 0) is 53.3 Å². The van der Waals surface area contributed by atoms with Crippen molar-refractivity contribution in [2.75, 3.05) is 38.1 Å². The number of halogens is 1. The van der Waals surface area contributed by atoms with Crippen molar-refractivity contribution in [2.45, 2.75) is 4.90 Å². The largest absolute Gasteiger partial charge is 0.368 e. The van der Waals surface area contributed by atoms with E-state index in [-0.39, 0.29) is 4.90 Å². The van der Waals surface area contributed by atoms with Gasteiger partial charge in [-0.3, -0.25) is 0 Å². The van der Waals surface area contributed by atoms with Crippen LogP contribution in [0.1, 0.15) is 0 Å². The summed E-state index contributed by atoms with van der Waals surface area (Å²) in [5.74, 6) is 0. The van der Waals surface area contributed by atoms with Crippen LogP contribution in [0.25, 0.3) is 10.9 Å². The average molecular weight is 434 g/mol. The summed E-state index contributed by atoms with van der Waals surface area (Å²) in [5.41, 5.74) is 1.80. The van der Waals surface area contributed by atoms with Crippen LogP contribution in [0.2, 0.25) is 0 Å². The summed E-state index contributed by atoms with van der Waals surface area (Å²) < 4.78 is 28.3. The Morgan fingerprint density at radius 3 is 2.38 bits per heavy atom. The number of rotatable bonds is 3. The van der Waals surface area contributed by atoms with Crippen molar-refractivity contribution in [3.8, 4) is 0 Å². The number of aromatic nitrogens is 1. The molecule has 0 aliphatic carbocycles. The summed E-state index contributed by atoms with van der Waals surface area (Å²) in [5, 5.41) is 0.965. The van der Waals surface area contributed by atoms with Crippen LogP contribution in [-0.4, -0.2) is 50.5 Å². The molecule has 0 saturated carbocycles. The highest BCUT2D eigenvalue weighted by Crippen LogP contribution is 2.32. The standard InChI is InChI=1S/C19H20BrN3O2S/c1-21-11-13-22(14-12-21)17-6-4-7-18-15(17)9-10-23(18)26(24,25)19-8-3-2-5-16(19)20/h2-10H,11-14H2,1H3. The van der Waals surface area contributed by atoms with Gasteiger partial charge in [0.2, 0.25) is 0 Å². The number of fused-ring (bicyclic) bond motifs is 1. The lowest BCUT2D eigenvalue weighted by Crippen LogP contribution is -2.44. The number of hydrogen-bond donors (Lipinski definition) is 0. The summed E-state index contributed by atoms with van der Waals surface area (Å²) in [7, 11) is -1.54. The molecule has 2 aromatic carbocycles. The second kappa shape index (κ2) is 6.72. The first-order chi connectivity index (χ1) is 12.5. The molecule has 1 fully saturated rings. The molecule has 0 spiro atoms. The van der Waals surface area contributed by atoms with Gasteiger partial charge >= 0.3 is 0 Å². The molecule has 2 heterocycles. The predicted molar refractivity (Wildman–Crippen MR) is 108 cm³/mol. The third-order valence-corrected chi connectivity index (χ3v) is 7.59. The molecule has 26 heavy (non-hydrogen) atoms. The van der Waals surface area contributed by atoms with Gasteiger partial charge in [0, 0.05) is 47.9 Å². The van der Waals surface area contributed by atoms with Crippen molar-refractivity contribution in [3.05, 3.63) is 59.2 Å². The van der Waals surface area contributed by atoms with Crippen molar-refractivity contribution in [1.29, 1.82) is 0 Å². The Bertz CT molecular complexity index is 1050.